The van der Waals surface area contributed by atoms with Gasteiger partial charge in [0.2, 0.25) is 5.88 Å². The van der Waals surface area contributed by atoms with Gasteiger partial charge in [0.1, 0.15) is 12.0 Å². The number of nitrogens with two attached hydrogens (primary N) is 1. The van der Waals surface area contributed by atoms with Crippen LogP contribution in [0.15, 0.2) is 24.5 Å². The highest BCUT2D eigenvalue weighted by atomic mass is 19.4. The number of anilines is 1. The van der Waals surface area contributed by atoms with Crippen LogP contribution in [-0.4, -0.2) is 34.2 Å². The van der Waals surface area contributed by atoms with Crippen molar-refractivity contribution in [2.24, 2.45) is 0 Å². The van der Waals surface area contributed by atoms with E-state index in [9.17, 15) is 13.2 Å². The van der Waals surface area contributed by atoms with E-state index in [0.717, 1.165) is 0 Å². The molecule has 0 radical (unpaired) electrons. The molecule has 2 rings (SSSR count). The normalized spacial score (nSPS) is 13.1. The summed E-state index contributed by atoms with van der Waals surface area (Å²) >= 11 is 0. The van der Waals surface area contributed by atoms with Gasteiger partial charge in [0, 0.05) is 23.9 Å². The lowest BCUT2D eigenvalue weighted by atomic mass is 10.1. The zero-order valence-corrected chi connectivity index (χ0v) is 12.7. The summed E-state index contributed by atoms with van der Waals surface area (Å²) in [6.07, 6.45) is -1.61. The second-order valence-electron chi connectivity index (χ2n) is 4.76. The van der Waals surface area contributed by atoms with Gasteiger partial charge in [0.15, 0.2) is 6.61 Å². The van der Waals surface area contributed by atoms with Gasteiger partial charge in [-0.25, -0.2) is 4.68 Å². The first kappa shape index (κ1) is 17.1. The predicted molar refractivity (Wildman–Crippen MR) is 77.8 cm³/mol. The first-order valence-corrected chi connectivity index (χ1v) is 6.92. The number of nitrogen functional groups attached to an aromatic ring is 1. The van der Waals surface area contributed by atoms with Crippen LogP contribution in [0.3, 0.4) is 0 Å². The van der Waals surface area contributed by atoms with Gasteiger partial charge in [-0.05, 0) is 26.0 Å². The first-order valence-electron chi connectivity index (χ1n) is 6.92. The van der Waals surface area contributed by atoms with Gasteiger partial charge in [0.05, 0.1) is 6.20 Å². The Morgan fingerprint density at radius 3 is 2.74 bits per heavy atom. The number of rotatable bonds is 6. The number of nitrogens with zero attached hydrogens (tertiary/aromatic N) is 3. The molecular formula is C14H17F3N4O2. The standard InChI is InChI=1S/C14H17F3N4O2/c1-3-22-9(2)21-7-10(6-19-21)11-4-5-12(18)20-13(11)23-8-14(15,16)17/h4-7,9H,3,8H2,1-2H3,(H2,18,20). The average molecular weight is 330 g/mol. The molecule has 2 aromatic heterocycles. The van der Waals surface area contributed by atoms with Crippen LogP contribution in [0.1, 0.15) is 20.1 Å². The molecule has 1 unspecified atom stereocenters. The minimum Gasteiger partial charge on any atom is -0.468 e. The molecule has 0 bridgehead atoms. The van der Waals surface area contributed by atoms with Crippen molar-refractivity contribution in [3.05, 3.63) is 24.5 Å². The number of hydrogen-bond donors (Lipinski definition) is 1. The Bertz CT molecular complexity index is 658. The van der Waals surface area contributed by atoms with Crippen LogP contribution in [-0.2, 0) is 4.74 Å². The van der Waals surface area contributed by atoms with Crippen LogP contribution in [0.4, 0.5) is 19.0 Å². The number of hydrogen-bond acceptors (Lipinski definition) is 5. The number of ether oxygens (including phenoxy) is 2. The largest absolute Gasteiger partial charge is 0.468 e. The SMILES string of the molecule is CCOC(C)n1cc(-c2ccc(N)nc2OCC(F)(F)F)cn1. The van der Waals surface area contributed by atoms with Crippen molar-refractivity contribution >= 4 is 5.82 Å². The second kappa shape index (κ2) is 6.86. The summed E-state index contributed by atoms with van der Waals surface area (Å²) < 4.78 is 48.8. The van der Waals surface area contributed by atoms with Gasteiger partial charge in [-0.1, -0.05) is 0 Å². The minimum atomic E-state index is -4.46. The molecule has 9 heteroatoms. The molecule has 0 amide bonds. The van der Waals surface area contributed by atoms with E-state index in [-0.39, 0.29) is 17.9 Å². The highest BCUT2D eigenvalue weighted by molar-refractivity contribution is 5.68. The Kier molecular flexibility index (Phi) is 5.09. The molecule has 0 aliphatic heterocycles. The van der Waals surface area contributed by atoms with Crippen molar-refractivity contribution in [2.45, 2.75) is 26.3 Å². The molecule has 23 heavy (non-hydrogen) atoms. The van der Waals surface area contributed by atoms with Crippen LogP contribution >= 0.6 is 0 Å². The van der Waals surface area contributed by atoms with Gasteiger partial charge in [0.25, 0.3) is 0 Å². The lowest BCUT2D eigenvalue weighted by Gasteiger charge is -2.12. The molecule has 1 atom stereocenters. The Labute approximate surface area is 131 Å². The summed E-state index contributed by atoms with van der Waals surface area (Å²) in [4.78, 5) is 3.83. The van der Waals surface area contributed by atoms with E-state index in [4.69, 9.17) is 15.2 Å². The summed E-state index contributed by atoms with van der Waals surface area (Å²) in [6.45, 7) is 2.73. The van der Waals surface area contributed by atoms with Gasteiger partial charge in [-0.3, -0.25) is 0 Å². The van der Waals surface area contributed by atoms with Gasteiger partial charge in [-0.15, -0.1) is 0 Å². The van der Waals surface area contributed by atoms with Gasteiger partial charge >= 0.3 is 6.18 Å². The first-order chi connectivity index (χ1) is 10.8. The Morgan fingerprint density at radius 1 is 1.35 bits per heavy atom. The van der Waals surface area contributed by atoms with Crippen LogP contribution in [0.2, 0.25) is 0 Å². The van der Waals surface area contributed by atoms with Crippen molar-refractivity contribution in [2.75, 3.05) is 18.9 Å². The molecule has 2 aromatic rings. The monoisotopic (exact) mass is 330 g/mol. The molecule has 0 saturated heterocycles. The van der Waals surface area contributed by atoms with E-state index in [1.165, 1.54) is 12.3 Å². The van der Waals surface area contributed by atoms with Crippen LogP contribution in [0.5, 0.6) is 5.88 Å². The average Bonchev–Trinajstić information content (AvgIpc) is 2.94. The molecule has 2 N–H and O–H groups in total. The van der Waals surface area contributed by atoms with Crippen LogP contribution in [0.25, 0.3) is 11.1 Å². The van der Waals surface area contributed by atoms with Crippen molar-refractivity contribution in [3.8, 4) is 17.0 Å². The van der Waals surface area contributed by atoms with Crippen molar-refractivity contribution in [1.29, 1.82) is 0 Å². The molecular weight excluding hydrogens is 313 g/mol. The Balaban J connectivity index is 2.28. The molecule has 0 spiro atoms. The molecule has 0 aliphatic carbocycles. The summed E-state index contributed by atoms with van der Waals surface area (Å²) in [5, 5.41) is 4.14. The zero-order valence-electron chi connectivity index (χ0n) is 12.7. The predicted octanol–water partition coefficient (Wildman–Crippen LogP) is 3.02. The Hall–Kier alpha value is -2.29. The highest BCUT2D eigenvalue weighted by Crippen LogP contribution is 2.30. The van der Waals surface area contributed by atoms with Gasteiger partial charge in [-0.2, -0.15) is 23.3 Å². The fourth-order valence-electron chi connectivity index (χ4n) is 1.93. The molecule has 0 aliphatic rings. The molecule has 6 nitrogen and oxygen atoms in total. The van der Waals surface area contributed by atoms with E-state index in [1.54, 1.807) is 16.9 Å². The van der Waals surface area contributed by atoms with Crippen LogP contribution < -0.4 is 10.5 Å². The number of halogens is 3. The maximum atomic E-state index is 12.4. The number of alkyl halides is 3. The molecule has 2 heterocycles. The van der Waals surface area contributed by atoms with E-state index in [1.807, 2.05) is 13.8 Å². The van der Waals surface area contributed by atoms with Crippen molar-refractivity contribution < 1.29 is 22.6 Å². The third-order valence-electron chi connectivity index (χ3n) is 2.95. The maximum absolute atomic E-state index is 12.4. The highest BCUT2D eigenvalue weighted by Gasteiger charge is 2.29. The molecule has 126 valence electrons. The number of aromatic nitrogens is 3. The zero-order chi connectivity index (χ0) is 17.0. The quantitative estimate of drug-likeness (QED) is 0.881. The van der Waals surface area contributed by atoms with E-state index in [0.29, 0.717) is 17.7 Å². The second-order valence-corrected chi connectivity index (χ2v) is 4.76. The molecule has 0 saturated carbocycles. The Morgan fingerprint density at radius 2 is 2.09 bits per heavy atom. The summed E-state index contributed by atoms with van der Waals surface area (Å²) in [6, 6.07) is 3.03. The van der Waals surface area contributed by atoms with E-state index >= 15 is 0 Å². The van der Waals surface area contributed by atoms with Crippen molar-refractivity contribution in [1.82, 2.24) is 14.8 Å². The molecule has 0 fully saturated rings. The maximum Gasteiger partial charge on any atom is 0.422 e. The van der Waals surface area contributed by atoms with Gasteiger partial charge < -0.3 is 15.2 Å². The lowest BCUT2D eigenvalue weighted by molar-refractivity contribution is -0.153. The van der Waals surface area contributed by atoms with E-state index < -0.39 is 12.8 Å². The third-order valence-corrected chi connectivity index (χ3v) is 2.95. The minimum absolute atomic E-state index is 0.0704. The lowest BCUT2D eigenvalue weighted by Crippen LogP contribution is -2.20. The van der Waals surface area contributed by atoms with Crippen molar-refractivity contribution in [3.63, 3.8) is 0 Å². The van der Waals surface area contributed by atoms with Crippen LogP contribution in [0, 0.1) is 0 Å². The summed E-state index contributed by atoms with van der Waals surface area (Å²) in [5.74, 6) is -0.119. The third kappa shape index (κ3) is 4.59. The topological polar surface area (TPSA) is 75.2 Å². The number of pyridine rings is 1. The summed E-state index contributed by atoms with van der Waals surface area (Å²) in [5.41, 5.74) is 6.45. The summed E-state index contributed by atoms with van der Waals surface area (Å²) in [7, 11) is 0. The fraction of sp³-hybridized carbons (Fsp3) is 0.429. The van der Waals surface area contributed by atoms with E-state index in [2.05, 4.69) is 10.1 Å². The smallest absolute Gasteiger partial charge is 0.422 e. The fourth-order valence-corrected chi connectivity index (χ4v) is 1.93. The molecule has 0 aromatic carbocycles.